The van der Waals surface area contributed by atoms with Gasteiger partial charge < -0.3 is 10.1 Å². The maximum Gasteiger partial charge on any atom is 0.156 e. The van der Waals surface area contributed by atoms with E-state index in [-0.39, 0.29) is 11.2 Å². The molecule has 2 heterocycles. The molecule has 2 rings (SSSR count). The summed E-state index contributed by atoms with van der Waals surface area (Å²) >= 11 is 5.96. The molecule has 1 atom stereocenters. The second-order valence-electron chi connectivity index (χ2n) is 4.90. The van der Waals surface area contributed by atoms with Crippen molar-refractivity contribution in [3.63, 3.8) is 0 Å². The summed E-state index contributed by atoms with van der Waals surface area (Å²) in [6.07, 6.45) is 0.686. The highest BCUT2D eigenvalue weighted by Gasteiger charge is 2.16. The average molecular weight is 299 g/mol. The van der Waals surface area contributed by atoms with Crippen LogP contribution in [0.4, 0.5) is 5.82 Å². The fourth-order valence-corrected chi connectivity index (χ4v) is 2.47. The van der Waals surface area contributed by atoms with Gasteiger partial charge in [-0.3, -0.25) is 9.69 Å². The van der Waals surface area contributed by atoms with Crippen LogP contribution >= 0.6 is 11.6 Å². The summed E-state index contributed by atoms with van der Waals surface area (Å²) in [6, 6.07) is 0.150. The van der Waals surface area contributed by atoms with Crippen LogP contribution < -0.4 is 5.32 Å². The highest BCUT2D eigenvalue weighted by atomic mass is 35.5. The van der Waals surface area contributed by atoms with Gasteiger partial charge in [-0.1, -0.05) is 11.6 Å². The number of halogens is 1. The zero-order valence-electron chi connectivity index (χ0n) is 11.7. The quantitative estimate of drug-likeness (QED) is 0.654. The first-order valence-corrected chi connectivity index (χ1v) is 7.04. The first-order chi connectivity index (χ1) is 9.60. The lowest BCUT2D eigenvalue weighted by molar-refractivity contribution is 0.0368. The molecule has 6 nitrogen and oxygen atoms in total. The maximum absolute atomic E-state index is 11.1. The monoisotopic (exact) mass is 298 g/mol. The van der Waals surface area contributed by atoms with E-state index in [9.17, 15) is 4.79 Å². The molecule has 1 aliphatic rings. The Bertz CT molecular complexity index is 478. The van der Waals surface area contributed by atoms with Gasteiger partial charge in [-0.05, 0) is 13.8 Å². The summed E-state index contributed by atoms with van der Waals surface area (Å²) in [5.74, 6) is 1.04. The predicted octanol–water partition coefficient (Wildman–Crippen LogP) is 1.38. The zero-order chi connectivity index (χ0) is 14.5. The van der Waals surface area contributed by atoms with Crippen molar-refractivity contribution in [3.8, 4) is 0 Å². The van der Waals surface area contributed by atoms with Crippen LogP contribution in [0, 0.1) is 6.92 Å². The molecule has 1 aliphatic heterocycles. The van der Waals surface area contributed by atoms with E-state index >= 15 is 0 Å². The Kier molecular flexibility index (Phi) is 5.28. The molecule has 0 aromatic carbocycles. The molecule has 1 aromatic rings. The van der Waals surface area contributed by atoms with Crippen LogP contribution in [0.2, 0.25) is 5.15 Å². The average Bonchev–Trinajstić information content (AvgIpc) is 2.39. The Morgan fingerprint density at radius 3 is 2.80 bits per heavy atom. The van der Waals surface area contributed by atoms with Crippen LogP contribution in [0.25, 0.3) is 0 Å². The number of aldehydes is 1. The number of aromatic nitrogens is 2. The number of anilines is 1. The number of carbonyl (C=O) groups excluding carboxylic acids is 1. The molecule has 0 bridgehead atoms. The Morgan fingerprint density at radius 1 is 1.45 bits per heavy atom. The molecule has 20 heavy (non-hydrogen) atoms. The summed E-state index contributed by atoms with van der Waals surface area (Å²) in [4.78, 5) is 21.7. The number of carbonyl (C=O) groups is 1. The van der Waals surface area contributed by atoms with Crippen LogP contribution in [0.3, 0.4) is 0 Å². The standard InChI is InChI=1S/C13H19ClN4O2/c1-9(7-18-3-5-20-6-4-18)15-13-11(8-19)12(14)16-10(2)17-13/h8-9H,3-7H2,1-2H3,(H,15,16,17). The van der Waals surface area contributed by atoms with Crippen LogP contribution in [-0.2, 0) is 4.74 Å². The predicted molar refractivity (Wildman–Crippen MR) is 77.5 cm³/mol. The van der Waals surface area contributed by atoms with Gasteiger partial charge in [-0.2, -0.15) is 0 Å². The minimum atomic E-state index is 0.150. The number of morpholine rings is 1. The summed E-state index contributed by atoms with van der Waals surface area (Å²) in [5.41, 5.74) is 0.311. The van der Waals surface area contributed by atoms with Crippen molar-refractivity contribution >= 4 is 23.7 Å². The minimum Gasteiger partial charge on any atom is -0.379 e. The van der Waals surface area contributed by atoms with Crippen molar-refractivity contribution < 1.29 is 9.53 Å². The van der Waals surface area contributed by atoms with Gasteiger partial charge in [0.1, 0.15) is 16.8 Å². The SMILES string of the molecule is Cc1nc(Cl)c(C=O)c(NC(C)CN2CCOCC2)n1. The van der Waals surface area contributed by atoms with E-state index in [4.69, 9.17) is 16.3 Å². The second kappa shape index (κ2) is 6.97. The second-order valence-corrected chi connectivity index (χ2v) is 5.26. The number of nitrogens with one attached hydrogen (secondary N) is 1. The summed E-state index contributed by atoms with van der Waals surface area (Å²) in [5, 5.41) is 3.43. The first-order valence-electron chi connectivity index (χ1n) is 6.66. The Hall–Kier alpha value is -1.24. The highest BCUT2D eigenvalue weighted by molar-refractivity contribution is 6.32. The largest absolute Gasteiger partial charge is 0.379 e. The number of aryl methyl sites for hydroxylation is 1. The van der Waals surface area contributed by atoms with E-state index in [0.717, 1.165) is 32.8 Å². The number of rotatable bonds is 5. The smallest absolute Gasteiger partial charge is 0.156 e. The Balaban J connectivity index is 2.03. The van der Waals surface area contributed by atoms with Crippen molar-refractivity contribution in [1.29, 1.82) is 0 Å². The van der Waals surface area contributed by atoms with E-state index in [0.29, 0.717) is 23.5 Å². The van der Waals surface area contributed by atoms with Gasteiger partial charge in [0.15, 0.2) is 6.29 Å². The van der Waals surface area contributed by atoms with E-state index < -0.39 is 0 Å². The third-order valence-corrected chi connectivity index (χ3v) is 3.44. The van der Waals surface area contributed by atoms with E-state index in [1.807, 2.05) is 0 Å². The van der Waals surface area contributed by atoms with Crippen LogP contribution in [0.1, 0.15) is 23.1 Å². The molecule has 7 heteroatoms. The molecule has 1 N–H and O–H groups in total. The maximum atomic E-state index is 11.1. The molecular weight excluding hydrogens is 280 g/mol. The Morgan fingerprint density at radius 2 is 2.15 bits per heavy atom. The first kappa shape index (κ1) is 15.2. The van der Waals surface area contributed by atoms with E-state index in [1.165, 1.54) is 0 Å². The molecule has 0 amide bonds. The number of hydrogen-bond donors (Lipinski definition) is 1. The summed E-state index contributed by atoms with van der Waals surface area (Å²) < 4.78 is 5.32. The fraction of sp³-hybridized carbons (Fsp3) is 0.615. The molecule has 0 spiro atoms. The third-order valence-electron chi connectivity index (χ3n) is 3.15. The van der Waals surface area contributed by atoms with E-state index in [2.05, 4.69) is 27.1 Å². The van der Waals surface area contributed by atoms with Gasteiger partial charge in [-0.25, -0.2) is 9.97 Å². The Labute approximate surface area is 123 Å². The van der Waals surface area contributed by atoms with Crippen LogP contribution in [0.15, 0.2) is 0 Å². The van der Waals surface area contributed by atoms with Crippen molar-refractivity contribution in [2.24, 2.45) is 0 Å². The molecule has 1 fully saturated rings. The fourth-order valence-electron chi connectivity index (χ4n) is 2.21. The van der Waals surface area contributed by atoms with Crippen LogP contribution in [0.5, 0.6) is 0 Å². The van der Waals surface area contributed by atoms with Gasteiger partial charge in [0, 0.05) is 25.7 Å². The third kappa shape index (κ3) is 3.88. The van der Waals surface area contributed by atoms with Gasteiger partial charge >= 0.3 is 0 Å². The molecule has 0 saturated carbocycles. The van der Waals surface area contributed by atoms with Crippen molar-refractivity contribution in [2.75, 3.05) is 38.2 Å². The molecule has 110 valence electrons. The normalized spacial score (nSPS) is 17.8. The van der Waals surface area contributed by atoms with Crippen molar-refractivity contribution in [2.45, 2.75) is 19.9 Å². The molecule has 0 radical (unpaired) electrons. The lowest BCUT2D eigenvalue weighted by Crippen LogP contribution is -2.42. The van der Waals surface area contributed by atoms with Gasteiger partial charge in [0.25, 0.3) is 0 Å². The van der Waals surface area contributed by atoms with Gasteiger partial charge in [0.2, 0.25) is 0 Å². The topological polar surface area (TPSA) is 67.4 Å². The van der Waals surface area contributed by atoms with Crippen LogP contribution in [-0.4, -0.2) is 60.0 Å². The molecule has 1 saturated heterocycles. The van der Waals surface area contributed by atoms with Gasteiger partial charge in [-0.15, -0.1) is 0 Å². The number of hydrogen-bond acceptors (Lipinski definition) is 6. The summed E-state index contributed by atoms with van der Waals surface area (Å²) in [6.45, 7) is 8.05. The van der Waals surface area contributed by atoms with Crippen molar-refractivity contribution in [1.82, 2.24) is 14.9 Å². The van der Waals surface area contributed by atoms with E-state index in [1.54, 1.807) is 6.92 Å². The summed E-state index contributed by atoms with van der Waals surface area (Å²) in [7, 11) is 0. The lowest BCUT2D eigenvalue weighted by atomic mass is 10.2. The number of nitrogens with zero attached hydrogens (tertiary/aromatic N) is 3. The van der Waals surface area contributed by atoms with Gasteiger partial charge in [0.05, 0.1) is 18.8 Å². The van der Waals surface area contributed by atoms with Crippen molar-refractivity contribution in [3.05, 3.63) is 16.5 Å². The molecule has 0 aliphatic carbocycles. The number of ether oxygens (including phenoxy) is 1. The zero-order valence-corrected chi connectivity index (χ0v) is 12.5. The lowest BCUT2D eigenvalue weighted by Gasteiger charge is -2.29. The molecular formula is C13H19ClN4O2. The molecule has 1 unspecified atom stereocenters. The molecule has 1 aromatic heterocycles. The minimum absolute atomic E-state index is 0.150. The highest BCUT2D eigenvalue weighted by Crippen LogP contribution is 2.19.